The number of carbonyl (C=O) groups excluding carboxylic acids is 2. The van der Waals surface area contributed by atoms with Crippen molar-refractivity contribution in [3.63, 3.8) is 0 Å². The highest BCUT2D eigenvalue weighted by Crippen LogP contribution is 2.29. The van der Waals surface area contributed by atoms with Gasteiger partial charge >= 0.3 is 0 Å². The first kappa shape index (κ1) is 20.7. The van der Waals surface area contributed by atoms with Crippen LogP contribution in [-0.2, 0) is 16.0 Å². The fraction of sp³-hybridized carbons (Fsp3) is 0.476. The molecule has 1 atom stereocenters. The van der Waals surface area contributed by atoms with Gasteiger partial charge in [0.05, 0.1) is 10.7 Å². The van der Waals surface area contributed by atoms with Crippen LogP contribution in [-0.4, -0.2) is 41.3 Å². The monoisotopic (exact) mass is 417 g/mol. The van der Waals surface area contributed by atoms with E-state index in [2.05, 4.69) is 10.7 Å². The highest BCUT2D eigenvalue weighted by atomic mass is 32.1. The summed E-state index contributed by atoms with van der Waals surface area (Å²) in [5, 5.41) is 8.12. The van der Waals surface area contributed by atoms with Crippen molar-refractivity contribution in [2.45, 2.75) is 39.0 Å². The number of nitrogens with zero attached hydrogens (tertiary/aromatic N) is 2. The minimum absolute atomic E-state index is 0.00520. The molecule has 1 aliphatic rings. The lowest BCUT2D eigenvalue weighted by atomic mass is 9.98. The smallest absolute Gasteiger partial charge is 0.246 e. The number of thiazole rings is 1. The zero-order chi connectivity index (χ0) is 19.9. The number of rotatable bonds is 7. The molecule has 28 heavy (non-hydrogen) atoms. The molecule has 0 bridgehead atoms. The molecular weight excluding hydrogens is 390 g/mol. The normalized spacial score (nSPS) is 17.4. The van der Waals surface area contributed by atoms with Gasteiger partial charge in [-0.1, -0.05) is 19.9 Å². The molecule has 1 saturated heterocycles. The van der Waals surface area contributed by atoms with Crippen LogP contribution in [0.2, 0.25) is 0 Å². The van der Waals surface area contributed by atoms with E-state index in [-0.39, 0.29) is 17.7 Å². The highest BCUT2D eigenvalue weighted by molar-refractivity contribution is 7.10. The van der Waals surface area contributed by atoms with Gasteiger partial charge in [-0.25, -0.2) is 4.98 Å². The Hall–Kier alpha value is -1.99. The molecule has 0 saturated carbocycles. The van der Waals surface area contributed by atoms with Crippen molar-refractivity contribution < 1.29 is 9.59 Å². The minimum Gasteiger partial charge on any atom is -0.355 e. The average Bonchev–Trinajstić information content (AvgIpc) is 3.38. The number of carbonyl (C=O) groups is 2. The van der Waals surface area contributed by atoms with E-state index >= 15 is 0 Å². The summed E-state index contributed by atoms with van der Waals surface area (Å²) in [6, 6.07) is 3.99. The summed E-state index contributed by atoms with van der Waals surface area (Å²) < 4.78 is 0. The Labute approximate surface area is 174 Å². The van der Waals surface area contributed by atoms with Gasteiger partial charge in [0.15, 0.2) is 0 Å². The van der Waals surface area contributed by atoms with Gasteiger partial charge in [0, 0.05) is 54.2 Å². The highest BCUT2D eigenvalue weighted by Gasteiger charge is 2.25. The molecule has 0 radical (unpaired) electrons. The van der Waals surface area contributed by atoms with E-state index < -0.39 is 0 Å². The van der Waals surface area contributed by atoms with Crippen LogP contribution in [0.25, 0.3) is 6.08 Å². The molecule has 3 heterocycles. The van der Waals surface area contributed by atoms with E-state index in [4.69, 9.17) is 4.98 Å². The molecule has 5 nitrogen and oxygen atoms in total. The van der Waals surface area contributed by atoms with E-state index in [1.807, 2.05) is 42.3 Å². The Morgan fingerprint density at radius 1 is 1.39 bits per heavy atom. The second-order valence-corrected chi connectivity index (χ2v) is 9.21. The van der Waals surface area contributed by atoms with Crippen LogP contribution in [0.15, 0.2) is 29.0 Å². The van der Waals surface area contributed by atoms with Crippen molar-refractivity contribution in [3.05, 3.63) is 44.5 Å². The van der Waals surface area contributed by atoms with Crippen molar-refractivity contribution in [1.29, 1.82) is 0 Å². The van der Waals surface area contributed by atoms with Crippen LogP contribution in [0.5, 0.6) is 0 Å². The van der Waals surface area contributed by atoms with Crippen LogP contribution >= 0.6 is 22.7 Å². The summed E-state index contributed by atoms with van der Waals surface area (Å²) in [4.78, 5) is 32.0. The molecule has 0 aromatic carbocycles. The average molecular weight is 418 g/mol. The summed E-state index contributed by atoms with van der Waals surface area (Å²) in [6.45, 7) is 5.93. The fourth-order valence-electron chi connectivity index (χ4n) is 3.17. The summed E-state index contributed by atoms with van der Waals surface area (Å²) in [6.07, 6.45) is 6.38. The fourth-order valence-corrected chi connectivity index (χ4v) is 4.77. The number of aromatic nitrogens is 1. The Kier molecular flexibility index (Phi) is 7.39. The molecule has 1 aliphatic heterocycles. The largest absolute Gasteiger partial charge is 0.355 e. The van der Waals surface area contributed by atoms with Crippen LogP contribution in [0.3, 0.4) is 0 Å². The van der Waals surface area contributed by atoms with E-state index in [0.29, 0.717) is 12.5 Å². The molecule has 2 aromatic heterocycles. The first-order valence-corrected chi connectivity index (χ1v) is 11.5. The summed E-state index contributed by atoms with van der Waals surface area (Å²) in [5.41, 5.74) is 1.02. The molecule has 1 fully saturated rings. The van der Waals surface area contributed by atoms with Crippen molar-refractivity contribution in [2.24, 2.45) is 5.92 Å². The Morgan fingerprint density at radius 3 is 3.00 bits per heavy atom. The molecule has 1 N–H and O–H groups in total. The van der Waals surface area contributed by atoms with E-state index in [0.717, 1.165) is 47.9 Å². The predicted octanol–water partition coefficient (Wildman–Crippen LogP) is 3.94. The van der Waals surface area contributed by atoms with Crippen LogP contribution < -0.4 is 5.32 Å². The zero-order valence-electron chi connectivity index (χ0n) is 16.4. The summed E-state index contributed by atoms with van der Waals surface area (Å²) >= 11 is 3.30. The van der Waals surface area contributed by atoms with Gasteiger partial charge in [0.25, 0.3) is 0 Å². The third-order valence-electron chi connectivity index (χ3n) is 4.79. The standard InChI is InChI=1S/C21H27N3O2S2/c1-15(2)20(26)22-10-9-17-14-28-21(23-17)16-5-3-11-24(13-16)19(25)8-7-18-6-4-12-27-18/h4,6-8,12,14-16H,3,5,9-11,13H2,1-2H3,(H,22,26)/b8-7+. The maximum absolute atomic E-state index is 12.5. The maximum atomic E-state index is 12.5. The Bertz CT molecular complexity index is 811. The number of hydrogen-bond acceptors (Lipinski definition) is 5. The van der Waals surface area contributed by atoms with Crippen LogP contribution in [0.4, 0.5) is 0 Å². The lowest BCUT2D eigenvalue weighted by Gasteiger charge is -2.31. The number of nitrogens with one attached hydrogen (secondary N) is 1. The topological polar surface area (TPSA) is 62.3 Å². The van der Waals surface area contributed by atoms with Crippen molar-refractivity contribution in [1.82, 2.24) is 15.2 Å². The van der Waals surface area contributed by atoms with E-state index in [1.165, 1.54) is 0 Å². The molecule has 7 heteroatoms. The molecule has 0 aliphatic carbocycles. The predicted molar refractivity (Wildman–Crippen MR) is 116 cm³/mol. The lowest BCUT2D eigenvalue weighted by Crippen LogP contribution is -2.38. The number of hydrogen-bond donors (Lipinski definition) is 1. The second kappa shape index (κ2) is 9.98. The number of piperidine rings is 1. The molecule has 150 valence electrons. The molecule has 1 unspecified atom stereocenters. The molecule has 2 amide bonds. The first-order chi connectivity index (χ1) is 13.5. The van der Waals surface area contributed by atoms with Gasteiger partial charge in [-0.15, -0.1) is 22.7 Å². The van der Waals surface area contributed by atoms with Gasteiger partial charge < -0.3 is 10.2 Å². The third kappa shape index (κ3) is 5.75. The van der Waals surface area contributed by atoms with Crippen molar-refractivity contribution >= 4 is 40.6 Å². The third-order valence-corrected chi connectivity index (χ3v) is 6.68. The first-order valence-electron chi connectivity index (χ1n) is 9.75. The van der Waals surface area contributed by atoms with E-state index in [1.54, 1.807) is 28.7 Å². The quantitative estimate of drug-likeness (QED) is 0.694. The second-order valence-electron chi connectivity index (χ2n) is 7.34. The SMILES string of the molecule is CC(C)C(=O)NCCc1csc(C2CCCN(C(=O)/C=C/c3cccs3)C2)n1. The Morgan fingerprint density at radius 2 is 2.25 bits per heavy atom. The van der Waals surface area contributed by atoms with Gasteiger partial charge in [-0.2, -0.15) is 0 Å². The van der Waals surface area contributed by atoms with Crippen LogP contribution in [0, 0.1) is 5.92 Å². The van der Waals surface area contributed by atoms with E-state index in [9.17, 15) is 9.59 Å². The minimum atomic E-state index is 0.00520. The molecular formula is C21H27N3O2S2. The number of thiophene rings is 1. The number of likely N-dealkylation sites (tertiary alicyclic amines) is 1. The lowest BCUT2D eigenvalue weighted by molar-refractivity contribution is -0.127. The molecule has 0 spiro atoms. The Balaban J connectivity index is 1.52. The van der Waals surface area contributed by atoms with Gasteiger partial charge in [-0.05, 0) is 30.4 Å². The molecule has 2 aromatic rings. The van der Waals surface area contributed by atoms with Crippen molar-refractivity contribution in [3.8, 4) is 0 Å². The van der Waals surface area contributed by atoms with Gasteiger partial charge in [0.2, 0.25) is 11.8 Å². The number of amides is 2. The van der Waals surface area contributed by atoms with Gasteiger partial charge in [0.1, 0.15) is 0 Å². The summed E-state index contributed by atoms with van der Waals surface area (Å²) in [5.74, 6) is 0.459. The zero-order valence-corrected chi connectivity index (χ0v) is 18.0. The maximum Gasteiger partial charge on any atom is 0.246 e. The van der Waals surface area contributed by atoms with Crippen molar-refractivity contribution in [2.75, 3.05) is 19.6 Å². The molecule has 3 rings (SSSR count). The van der Waals surface area contributed by atoms with Gasteiger partial charge in [-0.3, -0.25) is 9.59 Å². The summed E-state index contributed by atoms with van der Waals surface area (Å²) in [7, 11) is 0. The van der Waals surface area contributed by atoms with Crippen LogP contribution in [0.1, 0.15) is 48.2 Å².